The van der Waals surface area contributed by atoms with Gasteiger partial charge in [-0.3, -0.25) is 20.1 Å². The van der Waals surface area contributed by atoms with Crippen LogP contribution in [0.4, 0.5) is 5.69 Å². The normalized spacial score (nSPS) is 12.0. The average Bonchev–Trinajstić information content (AvgIpc) is 3.67. The van der Waals surface area contributed by atoms with E-state index in [0.717, 1.165) is 77.2 Å². The van der Waals surface area contributed by atoms with E-state index in [-0.39, 0.29) is 10.6 Å². The maximum Gasteiger partial charge on any atom is 0.270 e. The Morgan fingerprint density at radius 1 is 0.571 bits per heavy atom. The van der Waals surface area contributed by atoms with Crippen LogP contribution >= 0.6 is 0 Å². The molecule has 8 nitrogen and oxygen atoms in total. The minimum atomic E-state index is -0.375. The summed E-state index contributed by atoms with van der Waals surface area (Å²) in [5, 5.41) is 15.3. The lowest BCUT2D eigenvalue weighted by atomic mass is 10.1. The second kappa shape index (κ2) is 8.25. The average molecular weight is 546 g/mol. The van der Waals surface area contributed by atoms with Crippen molar-refractivity contribution in [3.63, 3.8) is 0 Å². The van der Waals surface area contributed by atoms with Crippen molar-refractivity contribution in [1.29, 1.82) is 0 Å². The molecule has 0 N–H and O–H groups in total. The molecule has 0 aliphatic rings. The number of pyridine rings is 2. The van der Waals surface area contributed by atoms with Crippen LogP contribution < -0.4 is 0 Å². The molecule has 198 valence electrons. The van der Waals surface area contributed by atoms with Crippen molar-refractivity contribution in [2.24, 2.45) is 0 Å². The first-order chi connectivity index (χ1) is 20.7. The SMILES string of the molecule is O=[N+]([O-])c1ccc2c(c1)c1ncccc1n2-c1ccc2oc3ccc(-n4c5ccccc5c5ncccc54)cc3c2c1. The summed E-state index contributed by atoms with van der Waals surface area (Å²) in [7, 11) is 0. The second-order valence-electron chi connectivity index (χ2n) is 10.4. The van der Waals surface area contributed by atoms with Crippen molar-refractivity contribution in [3.8, 4) is 11.4 Å². The third-order valence-corrected chi connectivity index (χ3v) is 8.09. The number of rotatable bonds is 3. The predicted octanol–water partition coefficient (Wildman–Crippen LogP) is 8.48. The minimum Gasteiger partial charge on any atom is -0.456 e. The summed E-state index contributed by atoms with van der Waals surface area (Å²) in [6, 6.07) is 33.5. The highest BCUT2D eigenvalue weighted by atomic mass is 16.6. The monoisotopic (exact) mass is 545 g/mol. The summed E-state index contributed by atoms with van der Waals surface area (Å²) in [5.41, 5.74) is 9.08. The smallest absolute Gasteiger partial charge is 0.270 e. The van der Waals surface area contributed by atoms with Crippen molar-refractivity contribution >= 4 is 71.5 Å². The van der Waals surface area contributed by atoms with E-state index in [1.54, 1.807) is 18.3 Å². The Labute approximate surface area is 236 Å². The summed E-state index contributed by atoms with van der Waals surface area (Å²) in [6.45, 7) is 0. The lowest BCUT2D eigenvalue weighted by molar-refractivity contribution is -0.384. The Bertz CT molecular complexity index is 2520. The van der Waals surface area contributed by atoms with Gasteiger partial charge in [-0.1, -0.05) is 18.2 Å². The van der Waals surface area contributed by atoms with Gasteiger partial charge < -0.3 is 13.6 Å². The maximum absolute atomic E-state index is 11.5. The number of nitro groups is 1. The fraction of sp³-hybridized carbons (Fsp3) is 0. The molecule has 0 unspecified atom stereocenters. The fourth-order valence-electron chi connectivity index (χ4n) is 6.31. The van der Waals surface area contributed by atoms with Gasteiger partial charge in [0.15, 0.2) is 0 Å². The van der Waals surface area contributed by atoms with Gasteiger partial charge in [0.2, 0.25) is 0 Å². The first-order valence-electron chi connectivity index (χ1n) is 13.5. The standard InChI is InChI=1S/C34H19N5O3/c40-39(41)22-9-12-28-26(19-22)34-30(8-4-16-36-34)38(28)21-11-14-32-25(18-21)24-17-20(10-13-31(24)42-32)37-27-6-2-1-5-23(27)33-29(37)7-3-15-35-33/h1-19H. The molecule has 0 saturated heterocycles. The molecule has 8 heteroatoms. The number of nitro benzene ring substituents is 1. The molecule has 9 rings (SSSR count). The molecule has 0 bridgehead atoms. The van der Waals surface area contributed by atoms with E-state index in [2.05, 4.69) is 55.5 Å². The number of hydrogen-bond acceptors (Lipinski definition) is 5. The van der Waals surface area contributed by atoms with Crippen molar-refractivity contribution in [1.82, 2.24) is 19.1 Å². The van der Waals surface area contributed by atoms with Crippen LogP contribution in [0.25, 0.3) is 77.2 Å². The lowest BCUT2D eigenvalue weighted by Gasteiger charge is -2.08. The highest BCUT2D eigenvalue weighted by Crippen LogP contribution is 2.38. The van der Waals surface area contributed by atoms with Crippen LogP contribution in [0.15, 0.2) is 120 Å². The molecule has 0 amide bonds. The minimum absolute atomic E-state index is 0.0382. The summed E-state index contributed by atoms with van der Waals surface area (Å²) < 4.78 is 10.6. The van der Waals surface area contributed by atoms with Crippen molar-refractivity contribution in [3.05, 3.63) is 126 Å². The topological polar surface area (TPSA) is 91.9 Å². The highest BCUT2D eigenvalue weighted by molar-refractivity contribution is 6.11. The molecule has 9 aromatic rings. The molecule has 5 heterocycles. The number of nitrogens with zero attached hydrogens (tertiary/aromatic N) is 5. The van der Waals surface area contributed by atoms with E-state index in [4.69, 9.17) is 4.42 Å². The van der Waals surface area contributed by atoms with Crippen LogP contribution in [0.1, 0.15) is 0 Å². The maximum atomic E-state index is 11.5. The first kappa shape index (κ1) is 22.8. The molecular weight excluding hydrogens is 526 g/mol. The predicted molar refractivity (Wildman–Crippen MR) is 165 cm³/mol. The van der Waals surface area contributed by atoms with Gasteiger partial charge in [0, 0.05) is 57.4 Å². The number of aromatic nitrogens is 4. The van der Waals surface area contributed by atoms with Crippen molar-refractivity contribution in [2.75, 3.05) is 0 Å². The zero-order valence-corrected chi connectivity index (χ0v) is 21.9. The molecule has 0 aliphatic carbocycles. The molecule has 4 aromatic carbocycles. The molecule has 0 atom stereocenters. The van der Waals surface area contributed by atoms with Crippen LogP contribution in [0.2, 0.25) is 0 Å². The Morgan fingerprint density at radius 3 is 1.79 bits per heavy atom. The number of furan rings is 1. The van der Waals surface area contributed by atoms with Crippen LogP contribution in [0, 0.1) is 10.1 Å². The molecule has 0 aliphatic heterocycles. The zero-order valence-electron chi connectivity index (χ0n) is 21.9. The molecule has 42 heavy (non-hydrogen) atoms. The van der Waals surface area contributed by atoms with E-state index in [0.29, 0.717) is 0 Å². The Kier molecular flexibility index (Phi) is 4.47. The van der Waals surface area contributed by atoms with Crippen molar-refractivity contribution in [2.45, 2.75) is 0 Å². The number of fused-ring (bicyclic) bond motifs is 9. The van der Waals surface area contributed by atoms with Gasteiger partial charge in [0.05, 0.1) is 38.0 Å². The second-order valence-corrected chi connectivity index (χ2v) is 10.4. The number of non-ortho nitro benzene ring substituents is 1. The quantitative estimate of drug-likeness (QED) is 0.164. The molecule has 0 saturated carbocycles. The third-order valence-electron chi connectivity index (χ3n) is 8.09. The van der Waals surface area contributed by atoms with Gasteiger partial charge in [-0.15, -0.1) is 0 Å². The Hall–Kier alpha value is -6.02. The Balaban J connectivity index is 1.30. The summed E-state index contributed by atoms with van der Waals surface area (Å²) >= 11 is 0. The van der Waals surface area contributed by atoms with Crippen LogP contribution in [0.3, 0.4) is 0 Å². The third kappa shape index (κ3) is 3.06. The molecule has 0 fully saturated rings. The van der Waals surface area contributed by atoms with Crippen LogP contribution in [0.5, 0.6) is 0 Å². The molecular formula is C34H19N5O3. The molecule has 0 spiro atoms. The fourth-order valence-corrected chi connectivity index (χ4v) is 6.31. The zero-order chi connectivity index (χ0) is 27.9. The molecule has 0 radical (unpaired) electrons. The van der Waals surface area contributed by atoms with Gasteiger partial charge in [-0.25, -0.2) is 0 Å². The summed E-state index contributed by atoms with van der Waals surface area (Å²) in [5.74, 6) is 0. The number of para-hydroxylation sites is 1. The van der Waals surface area contributed by atoms with Gasteiger partial charge in [-0.05, 0) is 72.8 Å². The van der Waals surface area contributed by atoms with E-state index < -0.39 is 0 Å². The summed E-state index contributed by atoms with van der Waals surface area (Å²) in [4.78, 5) is 20.4. The number of hydrogen-bond donors (Lipinski definition) is 0. The van der Waals surface area contributed by atoms with Gasteiger partial charge >= 0.3 is 0 Å². The van der Waals surface area contributed by atoms with E-state index in [1.165, 1.54) is 6.07 Å². The van der Waals surface area contributed by atoms with Crippen LogP contribution in [-0.2, 0) is 0 Å². The van der Waals surface area contributed by atoms with E-state index in [1.807, 2.05) is 54.7 Å². The molecule has 5 aromatic heterocycles. The van der Waals surface area contributed by atoms with Crippen LogP contribution in [-0.4, -0.2) is 24.0 Å². The van der Waals surface area contributed by atoms with E-state index in [9.17, 15) is 10.1 Å². The summed E-state index contributed by atoms with van der Waals surface area (Å²) in [6.07, 6.45) is 3.54. The Morgan fingerprint density at radius 2 is 1.14 bits per heavy atom. The largest absolute Gasteiger partial charge is 0.456 e. The van der Waals surface area contributed by atoms with Gasteiger partial charge in [0.1, 0.15) is 11.2 Å². The van der Waals surface area contributed by atoms with Gasteiger partial charge in [-0.2, -0.15) is 0 Å². The van der Waals surface area contributed by atoms with E-state index >= 15 is 0 Å². The van der Waals surface area contributed by atoms with Gasteiger partial charge in [0.25, 0.3) is 5.69 Å². The van der Waals surface area contributed by atoms with Crippen molar-refractivity contribution < 1.29 is 9.34 Å². The lowest BCUT2D eigenvalue weighted by Crippen LogP contribution is -1.94. The first-order valence-corrected chi connectivity index (χ1v) is 13.5. The highest BCUT2D eigenvalue weighted by Gasteiger charge is 2.19. The number of benzene rings is 4.